The van der Waals surface area contributed by atoms with Crippen molar-refractivity contribution in [2.75, 3.05) is 13.1 Å². The molecule has 0 saturated heterocycles. The van der Waals surface area contributed by atoms with Crippen molar-refractivity contribution in [3.8, 4) is 0 Å². The van der Waals surface area contributed by atoms with Gasteiger partial charge in [-0.15, -0.1) is 24.0 Å². The lowest BCUT2D eigenvalue weighted by molar-refractivity contribution is -0.117. The molecule has 0 unspecified atom stereocenters. The fraction of sp³-hybridized carbons (Fsp3) is 0.286. The van der Waals surface area contributed by atoms with Crippen molar-refractivity contribution >= 4 is 41.8 Å². The largest absolute Gasteiger partial charge is 0.368 e. The van der Waals surface area contributed by atoms with Gasteiger partial charge >= 0.3 is 0 Å². The van der Waals surface area contributed by atoms with E-state index in [0.717, 1.165) is 23.6 Å². The van der Waals surface area contributed by atoms with Crippen molar-refractivity contribution in [1.82, 2.24) is 16.0 Å². The average molecular weight is 509 g/mol. The molecule has 0 aliphatic heterocycles. The zero-order valence-corrected chi connectivity index (χ0v) is 19.0. The minimum Gasteiger partial charge on any atom is -0.368 e. The zero-order valence-electron chi connectivity index (χ0n) is 16.7. The van der Waals surface area contributed by atoms with Crippen molar-refractivity contribution < 1.29 is 9.59 Å². The van der Waals surface area contributed by atoms with E-state index in [1.54, 1.807) is 12.1 Å². The number of carbonyl (C=O) groups is 2. The normalized spacial score (nSPS) is 10.6. The van der Waals surface area contributed by atoms with Crippen molar-refractivity contribution in [2.45, 2.75) is 26.9 Å². The highest BCUT2D eigenvalue weighted by atomic mass is 127. The molecule has 0 spiro atoms. The molecule has 0 atom stereocenters. The highest BCUT2D eigenvalue weighted by molar-refractivity contribution is 14.0. The standard InChI is InChI=1S/C21H27N5O2.HI/c1-3-23-21(26-13-17-6-4-5-15(2)11-17)25-12-16-7-9-18(10-8-16)20(28)24-14-19(22)27;/h4-11H,3,12-14H2,1-2H3,(H2,22,27)(H,24,28)(H2,23,25,26);1H. The third-order valence-corrected chi connectivity index (χ3v) is 3.95. The maximum atomic E-state index is 11.9. The van der Waals surface area contributed by atoms with Crippen LogP contribution in [0.25, 0.3) is 0 Å². The number of hydrogen-bond donors (Lipinski definition) is 4. The molecule has 0 radical (unpaired) electrons. The van der Waals surface area contributed by atoms with Crippen molar-refractivity contribution in [2.24, 2.45) is 10.7 Å². The van der Waals surface area contributed by atoms with Gasteiger partial charge < -0.3 is 21.7 Å². The molecule has 156 valence electrons. The summed E-state index contributed by atoms with van der Waals surface area (Å²) >= 11 is 0. The summed E-state index contributed by atoms with van der Waals surface area (Å²) in [7, 11) is 0. The minimum absolute atomic E-state index is 0. The number of carbonyl (C=O) groups excluding carboxylic acids is 2. The van der Waals surface area contributed by atoms with E-state index in [1.807, 2.05) is 25.1 Å². The summed E-state index contributed by atoms with van der Waals surface area (Å²) in [5.41, 5.74) is 8.88. The summed E-state index contributed by atoms with van der Waals surface area (Å²) in [6.45, 7) is 5.83. The Morgan fingerprint density at radius 3 is 2.34 bits per heavy atom. The summed E-state index contributed by atoms with van der Waals surface area (Å²) in [6.07, 6.45) is 0. The fourth-order valence-corrected chi connectivity index (χ4v) is 2.55. The monoisotopic (exact) mass is 509 g/mol. The first kappa shape index (κ1) is 24.4. The van der Waals surface area contributed by atoms with Gasteiger partial charge in [-0.25, -0.2) is 4.99 Å². The maximum absolute atomic E-state index is 11.9. The van der Waals surface area contributed by atoms with Gasteiger partial charge in [-0.3, -0.25) is 9.59 Å². The molecule has 2 amide bonds. The van der Waals surface area contributed by atoms with Gasteiger partial charge in [-0.2, -0.15) is 0 Å². The molecule has 2 aromatic rings. The lowest BCUT2D eigenvalue weighted by Crippen LogP contribution is -2.36. The molecule has 2 aromatic carbocycles. The van der Waals surface area contributed by atoms with Gasteiger partial charge in [0.1, 0.15) is 0 Å². The summed E-state index contributed by atoms with van der Waals surface area (Å²) < 4.78 is 0. The van der Waals surface area contributed by atoms with Gasteiger partial charge in [0.2, 0.25) is 5.91 Å². The number of amides is 2. The quantitative estimate of drug-likeness (QED) is 0.248. The second-order valence-corrected chi connectivity index (χ2v) is 6.38. The second-order valence-electron chi connectivity index (χ2n) is 6.38. The molecular weight excluding hydrogens is 481 g/mol. The molecule has 8 heteroatoms. The number of guanidine groups is 1. The predicted octanol–water partition coefficient (Wildman–Crippen LogP) is 2.08. The van der Waals surface area contributed by atoms with Crippen LogP contribution in [0.1, 0.15) is 34.0 Å². The molecule has 0 saturated carbocycles. The highest BCUT2D eigenvalue weighted by Crippen LogP contribution is 2.06. The number of nitrogens with zero attached hydrogens (tertiary/aromatic N) is 1. The van der Waals surface area contributed by atoms with Crippen molar-refractivity contribution in [3.05, 3.63) is 70.8 Å². The first-order valence-corrected chi connectivity index (χ1v) is 9.21. The van der Waals surface area contributed by atoms with Crippen LogP contribution in [0.15, 0.2) is 53.5 Å². The number of hydrogen-bond acceptors (Lipinski definition) is 3. The van der Waals surface area contributed by atoms with Gasteiger partial charge in [-0.05, 0) is 37.1 Å². The second kappa shape index (κ2) is 12.8. The third kappa shape index (κ3) is 8.95. The van der Waals surface area contributed by atoms with Crippen LogP contribution in [-0.2, 0) is 17.9 Å². The minimum atomic E-state index is -0.574. The Balaban J connectivity index is 0.00000420. The van der Waals surface area contributed by atoms with Crippen molar-refractivity contribution in [3.63, 3.8) is 0 Å². The lowest BCUT2D eigenvalue weighted by atomic mass is 10.1. The molecule has 0 heterocycles. The Kier molecular flexibility index (Phi) is 10.7. The molecule has 2 rings (SSSR count). The van der Waals surface area contributed by atoms with E-state index in [1.165, 1.54) is 5.56 Å². The number of aryl methyl sites for hydroxylation is 1. The Labute approximate surface area is 188 Å². The Morgan fingerprint density at radius 2 is 1.72 bits per heavy atom. The van der Waals surface area contributed by atoms with Crippen LogP contribution in [0.5, 0.6) is 0 Å². The Bertz CT molecular complexity index is 837. The third-order valence-electron chi connectivity index (χ3n) is 3.95. The van der Waals surface area contributed by atoms with Crippen LogP contribution in [0.2, 0.25) is 0 Å². The van der Waals surface area contributed by atoms with E-state index in [0.29, 0.717) is 18.7 Å². The smallest absolute Gasteiger partial charge is 0.251 e. The van der Waals surface area contributed by atoms with Crippen LogP contribution >= 0.6 is 24.0 Å². The van der Waals surface area contributed by atoms with Gasteiger partial charge in [0.15, 0.2) is 5.96 Å². The number of nitrogens with two attached hydrogens (primary N) is 1. The Hall–Kier alpha value is -2.62. The molecular formula is C21H28IN5O2. The lowest BCUT2D eigenvalue weighted by Gasteiger charge is -2.12. The van der Waals surface area contributed by atoms with Gasteiger partial charge in [0, 0.05) is 18.7 Å². The number of benzene rings is 2. The first-order valence-electron chi connectivity index (χ1n) is 9.21. The molecule has 29 heavy (non-hydrogen) atoms. The van der Waals surface area contributed by atoms with Crippen LogP contribution in [0.4, 0.5) is 0 Å². The van der Waals surface area contributed by atoms with E-state index in [4.69, 9.17) is 5.73 Å². The number of halogens is 1. The van der Waals surface area contributed by atoms with Gasteiger partial charge in [-0.1, -0.05) is 42.0 Å². The summed E-state index contributed by atoms with van der Waals surface area (Å²) in [5.74, 6) is -0.172. The zero-order chi connectivity index (χ0) is 20.4. The summed E-state index contributed by atoms with van der Waals surface area (Å²) in [5, 5.41) is 8.98. The molecule has 0 bridgehead atoms. The maximum Gasteiger partial charge on any atom is 0.251 e. The topological polar surface area (TPSA) is 109 Å². The Morgan fingerprint density at radius 1 is 1.00 bits per heavy atom. The molecule has 7 nitrogen and oxygen atoms in total. The number of aliphatic imine (C=N–C) groups is 1. The van der Waals surface area contributed by atoms with Crippen LogP contribution in [0.3, 0.4) is 0 Å². The molecule has 0 aliphatic rings. The molecule has 0 aromatic heterocycles. The van der Waals surface area contributed by atoms with Crippen molar-refractivity contribution in [1.29, 1.82) is 0 Å². The molecule has 0 aliphatic carbocycles. The first-order chi connectivity index (χ1) is 13.5. The van der Waals surface area contributed by atoms with E-state index < -0.39 is 5.91 Å². The molecule has 5 N–H and O–H groups in total. The van der Waals surface area contributed by atoms with Gasteiger partial charge in [0.05, 0.1) is 13.1 Å². The average Bonchev–Trinajstić information content (AvgIpc) is 2.68. The van der Waals surface area contributed by atoms with E-state index in [9.17, 15) is 9.59 Å². The van der Waals surface area contributed by atoms with Gasteiger partial charge in [0.25, 0.3) is 5.91 Å². The SMILES string of the molecule is CCNC(=NCc1cccc(C)c1)NCc1ccc(C(=O)NCC(N)=O)cc1.I. The van der Waals surface area contributed by atoms with E-state index in [2.05, 4.69) is 46.1 Å². The molecule has 0 fully saturated rings. The number of primary amides is 1. The fourth-order valence-electron chi connectivity index (χ4n) is 2.55. The van der Waals surface area contributed by atoms with Crippen LogP contribution in [0, 0.1) is 6.92 Å². The van der Waals surface area contributed by atoms with E-state index in [-0.39, 0.29) is 36.4 Å². The van der Waals surface area contributed by atoms with Crippen LogP contribution < -0.4 is 21.7 Å². The summed E-state index contributed by atoms with van der Waals surface area (Å²) in [4.78, 5) is 27.2. The van der Waals surface area contributed by atoms with E-state index >= 15 is 0 Å². The predicted molar refractivity (Wildman–Crippen MR) is 126 cm³/mol. The number of rotatable bonds is 8. The van der Waals surface area contributed by atoms with Crippen LogP contribution in [-0.4, -0.2) is 30.9 Å². The highest BCUT2D eigenvalue weighted by Gasteiger charge is 2.06. The summed E-state index contributed by atoms with van der Waals surface area (Å²) in [6, 6.07) is 15.4. The number of nitrogens with one attached hydrogen (secondary N) is 3.